The van der Waals surface area contributed by atoms with Crippen molar-refractivity contribution in [2.75, 3.05) is 11.9 Å². The van der Waals surface area contributed by atoms with Gasteiger partial charge in [-0.3, -0.25) is 14.9 Å². The number of carbonyl (C=O) groups excluding carboxylic acids is 2. The zero-order valence-corrected chi connectivity index (χ0v) is 18.6. The molecule has 0 spiro atoms. The number of hydrogen-bond acceptors (Lipinski definition) is 7. The lowest BCUT2D eigenvalue weighted by molar-refractivity contribution is -0.127. The summed E-state index contributed by atoms with van der Waals surface area (Å²) in [6.45, 7) is 0.458. The van der Waals surface area contributed by atoms with Crippen LogP contribution in [0.15, 0.2) is 60.7 Å². The summed E-state index contributed by atoms with van der Waals surface area (Å²) in [5.41, 5.74) is 13.5. The first kappa shape index (κ1) is 23.5. The molecule has 0 saturated heterocycles. The van der Waals surface area contributed by atoms with Crippen LogP contribution < -0.4 is 22.1 Å². The number of nitrogens with two attached hydrogens (primary N) is 2. The fraction of sp³-hybridized carbons (Fsp3) is 0.304. The summed E-state index contributed by atoms with van der Waals surface area (Å²) in [6.07, 6.45) is 2.16. The molecule has 0 saturated carbocycles. The minimum atomic E-state index is -0.754. The Kier molecular flexibility index (Phi) is 8.85. The summed E-state index contributed by atoms with van der Waals surface area (Å²) < 4.78 is 0. The number of rotatable bonds is 11. The standard InChI is InChI=1S/C23H28N6O2S/c24-15-7-12-18(25)20(30)26-19(14-13-16-8-3-1-4-9-16)21(31)27-23-29-28-22(32-23)17-10-5-2-6-11-17/h1-6,8-11,18-19H,7,12-15,24-25H2,(H,26,30)(H,27,29,31)/t18?,19-/m1/s1. The summed E-state index contributed by atoms with van der Waals surface area (Å²) in [5, 5.41) is 14.9. The summed E-state index contributed by atoms with van der Waals surface area (Å²) in [5.74, 6) is -0.718. The lowest BCUT2D eigenvalue weighted by Crippen LogP contribution is -2.50. The van der Waals surface area contributed by atoms with Gasteiger partial charge in [0, 0.05) is 5.56 Å². The maximum absolute atomic E-state index is 13.0. The van der Waals surface area contributed by atoms with E-state index in [2.05, 4.69) is 20.8 Å². The minimum Gasteiger partial charge on any atom is -0.343 e. The number of aromatic nitrogens is 2. The highest BCUT2D eigenvalue weighted by atomic mass is 32.1. The van der Waals surface area contributed by atoms with Gasteiger partial charge in [0.25, 0.3) is 0 Å². The van der Waals surface area contributed by atoms with Gasteiger partial charge in [0.05, 0.1) is 6.04 Å². The van der Waals surface area contributed by atoms with E-state index in [1.807, 2.05) is 60.7 Å². The van der Waals surface area contributed by atoms with E-state index in [4.69, 9.17) is 11.5 Å². The summed E-state index contributed by atoms with van der Waals surface area (Å²) >= 11 is 1.28. The molecule has 2 amide bonds. The van der Waals surface area contributed by atoms with Gasteiger partial charge in [-0.05, 0) is 37.8 Å². The lowest BCUT2D eigenvalue weighted by Gasteiger charge is -2.20. The molecule has 0 aliphatic rings. The second-order valence-electron chi connectivity index (χ2n) is 7.39. The third-order valence-electron chi connectivity index (χ3n) is 4.93. The van der Waals surface area contributed by atoms with Crippen molar-refractivity contribution in [1.82, 2.24) is 15.5 Å². The van der Waals surface area contributed by atoms with Crippen molar-refractivity contribution in [2.45, 2.75) is 37.8 Å². The highest BCUT2D eigenvalue weighted by Crippen LogP contribution is 2.26. The molecule has 3 rings (SSSR count). The van der Waals surface area contributed by atoms with E-state index in [9.17, 15) is 9.59 Å². The number of amides is 2. The first-order chi connectivity index (χ1) is 15.6. The highest BCUT2D eigenvalue weighted by Gasteiger charge is 2.24. The van der Waals surface area contributed by atoms with Gasteiger partial charge in [0.2, 0.25) is 16.9 Å². The van der Waals surface area contributed by atoms with Gasteiger partial charge in [-0.15, -0.1) is 10.2 Å². The molecule has 1 aromatic heterocycles. The maximum atomic E-state index is 13.0. The minimum absolute atomic E-state index is 0.351. The van der Waals surface area contributed by atoms with Gasteiger partial charge >= 0.3 is 0 Å². The number of nitrogens with one attached hydrogen (secondary N) is 2. The molecule has 2 atom stereocenters. The fourth-order valence-electron chi connectivity index (χ4n) is 3.14. The molecular formula is C23H28N6O2S. The predicted molar refractivity (Wildman–Crippen MR) is 127 cm³/mol. The van der Waals surface area contributed by atoms with Gasteiger partial charge < -0.3 is 16.8 Å². The zero-order chi connectivity index (χ0) is 22.8. The van der Waals surface area contributed by atoms with E-state index < -0.39 is 12.1 Å². The number of carbonyl (C=O) groups is 2. The van der Waals surface area contributed by atoms with Crippen molar-refractivity contribution in [3.8, 4) is 10.6 Å². The molecule has 1 unspecified atom stereocenters. The molecule has 6 N–H and O–H groups in total. The Bertz CT molecular complexity index is 996. The van der Waals surface area contributed by atoms with E-state index in [1.165, 1.54) is 11.3 Å². The van der Waals surface area contributed by atoms with Gasteiger partial charge in [0.15, 0.2) is 0 Å². The molecule has 2 aromatic carbocycles. The number of aryl methyl sites for hydroxylation is 1. The van der Waals surface area contributed by atoms with Crippen molar-refractivity contribution in [2.24, 2.45) is 11.5 Å². The molecule has 0 aliphatic carbocycles. The van der Waals surface area contributed by atoms with Crippen molar-refractivity contribution < 1.29 is 9.59 Å². The molecule has 1 heterocycles. The quantitative estimate of drug-likeness (QED) is 0.352. The van der Waals surface area contributed by atoms with Crippen LogP contribution in [-0.4, -0.2) is 40.6 Å². The van der Waals surface area contributed by atoms with Crippen LogP contribution in [0.4, 0.5) is 5.13 Å². The molecule has 168 valence electrons. The normalized spacial score (nSPS) is 12.7. The first-order valence-electron chi connectivity index (χ1n) is 10.6. The molecule has 8 nitrogen and oxygen atoms in total. The van der Waals surface area contributed by atoms with E-state index in [0.717, 1.165) is 11.1 Å². The Hall–Kier alpha value is -3.14. The molecule has 3 aromatic rings. The fourth-order valence-corrected chi connectivity index (χ4v) is 3.89. The van der Waals surface area contributed by atoms with E-state index in [-0.39, 0.29) is 11.8 Å². The van der Waals surface area contributed by atoms with Crippen molar-refractivity contribution in [3.63, 3.8) is 0 Å². The van der Waals surface area contributed by atoms with Gasteiger partial charge in [-0.25, -0.2) is 0 Å². The van der Waals surface area contributed by atoms with E-state index in [0.29, 0.717) is 42.4 Å². The van der Waals surface area contributed by atoms with Gasteiger partial charge in [0.1, 0.15) is 11.0 Å². The Morgan fingerprint density at radius 2 is 1.62 bits per heavy atom. The second-order valence-corrected chi connectivity index (χ2v) is 8.37. The van der Waals surface area contributed by atoms with E-state index >= 15 is 0 Å². The van der Waals surface area contributed by atoms with Crippen LogP contribution in [0.2, 0.25) is 0 Å². The molecule has 0 radical (unpaired) electrons. The zero-order valence-electron chi connectivity index (χ0n) is 17.7. The number of benzene rings is 2. The van der Waals surface area contributed by atoms with Crippen LogP contribution >= 0.6 is 11.3 Å². The van der Waals surface area contributed by atoms with E-state index in [1.54, 1.807) is 0 Å². The van der Waals surface area contributed by atoms with Crippen LogP contribution in [0, 0.1) is 0 Å². The van der Waals surface area contributed by atoms with Crippen molar-refractivity contribution >= 4 is 28.3 Å². The Labute approximate surface area is 191 Å². The molecule has 0 bridgehead atoms. The number of hydrogen-bond donors (Lipinski definition) is 4. The van der Waals surface area contributed by atoms with Crippen molar-refractivity contribution in [1.29, 1.82) is 0 Å². The Morgan fingerprint density at radius 3 is 2.31 bits per heavy atom. The maximum Gasteiger partial charge on any atom is 0.248 e. The van der Waals surface area contributed by atoms with Crippen molar-refractivity contribution in [3.05, 3.63) is 66.2 Å². The largest absolute Gasteiger partial charge is 0.343 e. The molecule has 9 heteroatoms. The van der Waals surface area contributed by atoms with Gasteiger partial charge in [-0.2, -0.15) is 0 Å². The van der Waals surface area contributed by atoms with Crippen LogP contribution in [-0.2, 0) is 16.0 Å². The topological polar surface area (TPSA) is 136 Å². The Morgan fingerprint density at radius 1 is 0.938 bits per heavy atom. The van der Waals surface area contributed by atoms with Crippen LogP contribution in [0.5, 0.6) is 0 Å². The third-order valence-corrected chi connectivity index (χ3v) is 5.82. The van der Waals surface area contributed by atoms with Gasteiger partial charge in [-0.1, -0.05) is 72.0 Å². The molecule has 32 heavy (non-hydrogen) atoms. The highest BCUT2D eigenvalue weighted by molar-refractivity contribution is 7.18. The Balaban J connectivity index is 1.67. The molecular weight excluding hydrogens is 424 g/mol. The lowest BCUT2D eigenvalue weighted by atomic mass is 10.0. The smallest absolute Gasteiger partial charge is 0.248 e. The first-order valence-corrected chi connectivity index (χ1v) is 11.4. The van der Waals surface area contributed by atoms with Crippen LogP contribution in [0.1, 0.15) is 24.8 Å². The SMILES string of the molecule is NCCCC(N)C(=O)N[C@H](CCc1ccccc1)C(=O)Nc1nnc(-c2ccccc2)s1. The summed E-state index contributed by atoms with van der Waals surface area (Å²) in [6, 6.07) is 17.9. The summed E-state index contributed by atoms with van der Waals surface area (Å²) in [4.78, 5) is 25.5. The second kappa shape index (κ2) is 12.0. The van der Waals surface area contributed by atoms with Crippen LogP contribution in [0.25, 0.3) is 10.6 Å². The third kappa shape index (κ3) is 6.94. The van der Waals surface area contributed by atoms with Crippen LogP contribution in [0.3, 0.4) is 0 Å². The average Bonchev–Trinajstić information content (AvgIpc) is 3.29. The molecule has 0 fully saturated rings. The summed E-state index contributed by atoms with van der Waals surface area (Å²) in [7, 11) is 0. The number of anilines is 1. The molecule has 0 aliphatic heterocycles. The monoisotopic (exact) mass is 452 g/mol. The number of nitrogens with zero attached hydrogens (tertiary/aromatic N) is 2. The predicted octanol–water partition coefficient (Wildman–Crippen LogP) is 2.33. The average molecular weight is 453 g/mol.